The Morgan fingerprint density at radius 1 is 1.44 bits per heavy atom. The molecule has 0 fully saturated rings. The maximum atomic E-state index is 11.8. The molecule has 0 radical (unpaired) electrons. The first-order valence-corrected chi connectivity index (χ1v) is 7.70. The lowest BCUT2D eigenvalue weighted by molar-refractivity contribution is -0.141. The number of carbonyl (C=O) groups excluding carboxylic acids is 1. The third-order valence-electron chi connectivity index (χ3n) is 3.70. The van der Waals surface area contributed by atoms with Crippen molar-refractivity contribution in [2.45, 2.75) is 19.4 Å². The first-order chi connectivity index (χ1) is 12.1. The van der Waals surface area contributed by atoms with Crippen LogP contribution in [-0.2, 0) is 22.5 Å². The number of rotatable bonds is 7. The van der Waals surface area contributed by atoms with Gasteiger partial charge in [-0.15, -0.1) is 0 Å². The van der Waals surface area contributed by atoms with Crippen molar-refractivity contribution in [3.8, 4) is 5.88 Å². The number of ether oxygens (including phenoxy) is 1. The summed E-state index contributed by atoms with van der Waals surface area (Å²) in [4.78, 5) is 37.1. The van der Waals surface area contributed by atoms with Crippen LogP contribution in [0.1, 0.15) is 12.1 Å². The molecular formula is C15H18N6O4. The highest BCUT2D eigenvalue weighted by Gasteiger charge is 2.15. The number of nitrogens with zero attached hydrogens (tertiary/aromatic N) is 3. The number of methoxy groups -OCH3 is 1. The van der Waals surface area contributed by atoms with E-state index in [1.807, 2.05) is 12.1 Å². The number of carbonyl (C=O) groups is 1. The van der Waals surface area contributed by atoms with E-state index in [1.54, 1.807) is 6.20 Å². The van der Waals surface area contributed by atoms with Crippen LogP contribution in [0.3, 0.4) is 0 Å². The molecule has 132 valence electrons. The quantitative estimate of drug-likeness (QED) is 0.358. The van der Waals surface area contributed by atoms with E-state index in [0.29, 0.717) is 36.7 Å². The fourth-order valence-electron chi connectivity index (χ4n) is 2.43. The Bertz CT molecular complexity index is 908. The molecule has 3 aromatic heterocycles. The molecule has 3 rings (SSSR count). The summed E-state index contributed by atoms with van der Waals surface area (Å²) in [6, 6.07) is 3.70. The van der Waals surface area contributed by atoms with Gasteiger partial charge < -0.3 is 25.1 Å². The second-order valence-corrected chi connectivity index (χ2v) is 5.38. The maximum Gasteiger partial charge on any atom is 0.329 e. The van der Waals surface area contributed by atoms with E-state index in [-0.39, 0.29) is 12.4 Å². The van der Waals surface area contributed by atoms with E-state index in [9.17, 15) is 14.7 Å². The number of nitrogens with one attached hydrogen (secondary N) is 3. The topological polar surface area (TPSA) is 138 Å². The molecule has 0 spiro atoms. The first kappa shape index (κ1) is 16.6. The third kappa shape index (κ3) is 3.62. The van der Waals surface area contributed by atoms with Crippen LogP contribution < -0.4 is 11.0 Å². The van der Waals surface area contributed by atoms with Gasteiger partial charge in [-0.2, -0.15) is 4.98 Å². The minimum absolute atomic E-state index is 0.247. The zero-order valence-corrected chi connectivity index (χ0v) is 13.6. The molecule has 0 saturated carbocycles. The zero-order chi connectivity index (χ0) is 17.8. The van der Waals surface area contributed by atoms with Crippen LogP contribution in [0.25, 0.3) is 11.2 Å². The van der Waals surface area contributed by atoms with Gasteiger partial charge in [-0.25, -0.2) is 9.78 Å². The van der Waals surface area contributed by atoms with Crippen LogP contribution in [0.4, 0.5) is 5.95 Å². The molecule has 25 heavy (non-hydrogen) atoms. The highest BCUT2D eigenvalue weighted by Crippen LogP contribution is 2.15. The van der Waals surface area contributed by atoms with Crippen molar-refractivity contribution in [2.75, 3.05) is 19.0 Å². The Labute approximate surface area is 141 Å². The highest BCUT2D eigenvalue weighted by atomic mass is 16.5. The first-order valence-electron chi connectivity index (χ1n) is 7.70. The van der Waals surface area contributed by atoms with Crippen LogP contribution in [0.15, 0.2) is 23.1 Å². The molecule has 0 aromatic carbocycles. The molecule has 10 heteroatoms. The molecule has 0 aliphatic carbocycles. The number of H-pyrrole nitrogens is 2. The van der Waals surface area contributed by atoms with E-state index >= 15 is 0 Å². The maximum absolute atomic E-state index is 11.8. The van der Waals surface area contributed by atoms with Gasteiger partial charge in [0.2, 0.25) is 11.8 Å². The lowest BCUT2D eigenvalue weighted by Gasteiger charge is -2.03. The predicted octanol–water partition coefficient (Wildman–Crippen LogP) is 0.371. The number of imidazole rings is 2. The number of pyridine rings is 1. The average Bonchev–Trinajstić information content (AvgIpc) is 3.14. The van der Waals surface area contributed by atoms with Gasteiger partial charge in [-0.05, 0) is 25.0 Å². The number of hydrogen-bond acceptors (Lipinski definition) is 7. The molecule has 3 aromatic rings. The SMILES string of the molecule is COC(=O)Cn1c(O)c(CCCNc2nc3ncccc3[nH]2)[nH]c1=O. The van der Waals surface area contributed by atoms with E-state index in [4.69, 9.17) is 0 Å². The van der Waals surface area contributed by atoms with Gasteiger partial charge in [0, 0.05) is 12.7 Å². The fraction of sp³-hybridized carbons (Fsp3) is 0.333. The number of fused-ring (bicyclic) bond motifs is 1. The van der Waals surface area contributed by atoms with Crippen molar-refractivity contribution < 1.29 is 14.6 Å². The van der Waals surface area contributed by atoms with Gasteiger partial charge >= 0.3 is 11.7 Å². The van der Waals surface area contributed by atoms with E-state index in [0.717, 1.165) is 10.1 Å². The lowest BCUT2D eigenvalue weighted by Crippen LogP contribution is -2.22. The van der Waals surface area contributed by atoms with Crippen molar-refractivity contribution >= 4 is 23.1 Å². The molecule has 0 aliphatic rings. The molecule has 0 atom stereocenters. The van der Waals surface area contributed by atoms with E-state index in [2.05, 4.69) is 30.0 Å². The fourth-order valence-corrected chi connectivity index (χ4v) is 2.43. The van der Waals surface area contributed by atoms with Crippen LogP contribution in [-0.4, -0.2) is 49.2 Å². The van der Waals surface area contributed by atoms with Crippen molar-refractivity contribution in [1.29, 1.82) is 0 Å². The summed E-state index contributed by atoms with van der Waals surface area (Å²) in [7, 11) is 1.22. The van der Waals surface area contributed by atoms with Gasteiger partial charge in [0.1, 0.15) is 6.54 Å². The number of aromatic hydroxyl groups is 1. The minimum Gasteiger partial charge on any atom is -0.493 e. The van der Waals surface area contributed by atoms with Crippen LogP contribution in [0, 0.1) is 0 Å². The molecule has 0 bridgehead atoms. The Morgan fingerprint density at radius 2 is 2.28 bits per heavy atom. The summed E-state index contributed by atoms with van der Waals surface area (Å²) >= 11 is 0. The lowest BCUT2D eigenvalue weighted by atomic mass is 10.2. The molecular weight excluding hydrogens is 328 g/mol. The van der Waals surface area contributed by atoms with Gasteiger partial charge in [0.15, 0.2) is 5.65 Å². The minimum atomic E-state index is -0.608. The Kier molecular flexibility index (Phi) is 4.68. The Morgan fingerprint density at radius 3 is 3.04 bits per heavy atom. The molecule has 0 unspecified atom stereocenters. The normalized spacial score (nSPS) is 10.9. The van der Waals surface area contributed by atoms with Crippen LogP contribution in [0.2, 0.25) is 0 Å². The summed E-state index contributed by atoms with van der Waals surface area (Å²) in [5, 5.41) is 13.2. The average molecular weight is 346 g/mol. The van der Waals surface area contributed by atoms with Gasteiger partial charge in [-0.3, -0.25) is 9.36 Å². The Balaban J connectivity index is 1.56. The molecule has 10 nitrogen and oxygen atoms in total. The largest absolute Gasteiger partial charge is 0.493 e. The molecule has 3 heterocycles. The number of aromatic amines is 2. The van der Waals surface area contributed by atoms with E-state index < -0.39 is 11.7 Å². The second-order valence-electron chi connectivity index (χ2n) is 5.38. The summed E-state index contributed by atoms with van der Waals surface area (Å²) in [6.45, 7) is 0.241. The summed E-state index contributed by atoms with van der Waals surface area (Å²) in [5.74, 6) is -0.249. The third-order valence-corrected chi connectivity index (χ3v) is 3.70. The van der Waals surface area contributed by atoms with Crippen molar-refractivity contribution in [3.63, 3.8) is 0 Å². The standard InChI is InChI=1S/C15H18N6O4/c1-25-11(22)8-21-13(23)10(19-15(21)24)5-3-7-17-14-18-9-4-2-6-16-12(9)20-14/h2,4,6,23H,3,5,7-8H2,1H3,(H,19,24)(H2,16,17,18,20). The van der Waals surface area contributed by atoms with Crippen molar-refractivity contribution in [1.82, 2.24) is 24.5 Å². The van der Waals surface area contributed by atoms with Gasteiger partial charge in [0.25, 0.3) is 0 Å². The predicted molar refractivity (Wildman–Crippen MR) is 89.4 cm³/mol. The van der Waals surface area contributed by atoms with Gasteiger partial charge in [-0.1, -0.05) is 0 Å². The second kappa shape index (κ2) is 7.07. The summed E-state index contributed by atoms with van der Waals surface area (Å²) in [5.41, 5.74) is 1.30. The highest BCUT2D eigenvalue weighted by molar-refractivity contribution is 5.72. The van der Waals surface area contributed by atoms with Crippen LogP contribution in [0.5, 0.6) is 5.88 Å². The molecule has 0 saturated heterocycles. The number of anilines is 1. The van der Waals surface area contributed by atoms with Crippen molar-refractivity contribution in [3.05, 3.63) is 34.5 Å². The number of aromatic nitrogens is 5. The number of esters is 1. The van der Waals surface area contributed by atoms with E-state index in [1.165, 1.54) is 7.11 Å². The Hall–Kier alpha value is -3.30. The van der Waals surface area contributed by atoms with Gasteiger partial charge in [0.05, 0.1) is 18.3 Å². The molecule has 4 N–H and O–H groups in total. The monoisotopic (exact) mass is 346 g/mol. The summed E-state index contributed by atoms with van der Waals surface area (Å²) in [6.07, 6.45) is 2.74. The van der Waals surface area contributed by atoms with Crippen molar-refractivity contribution in [2.24, 2.45) is 0 Å². The summed E-state index contributed by atoms with van der Waals surface area (Å²) < 4.78 is 5.44. The zero-order valence-electron chi connectivity index (χ0n) is 13.6. The number of hydrogen-bond donors (Lipinski definition) is 4. The smallest absolute Gasteiger partial charge is 0.329 e. The van der Waals surface area contributed by atoms with Crippen LogP contribution >= 0.6 is 0 Å². The number of aryl methyl sites for hydroxylation is 1. The molecule has 0 amide bonds. The molecule has 0 aliphatic heterocycles.